The van der Waals surface area contributed by atoms with E-state index in [2.05, 4.69) is 41.7 Å². The van der Waals surface area contributed by atoms with Crippen LogP contribution in [0.25, 0.3) is 0 Å². The lowest BCUT2D eigenvalue weighted by molar-refractivity contribution is 0.415. The van der Waals surface area contributed by atoms with E-state index >= 15 is 0 Å². The fraction of sp³-hybridized carbons (Fsp3) is 0.182. The number of rotatable bonds is 4. The van der Waals surface area contributed by atoms with Crippen LogP contribution in [0.5, 0.6) is 5.75 Å². The lowest BCUT2D eigenvalue weighted by Gasteiger charge is -2.07. The fourth-order valence-electron chi connectivity index (χ4n) is 3.02. The molecule has 4 rings (SSSR count). The van der Waals surface area contributed by atoms with E-state index in [1.807, 2.05) is 37.3 Å². The van der Waals surface area contributed by atoms with E-state index in [-0.39, 0.29) is 0 Å². The van der Waals surface area contributed by atoms with Crippen LogP contribution in [-0.2, 0) is 6.42 Å². The topological polar surface area (TPSA) is 59.1 Å². The minimum absolute atomic E-state index is 0.687. The molecule has 0 saturated heterocycles. The molecule has 0 saturated carbocycles. The first kappa shape index (κ1) is 17.1. The summed E-state index contributed by atoms with van der Waals surface area (Å²) in [5, 5.41) is 4.61. The highest BCUT2D eigenvalue weighted by Gasteiger charge is 2.20. The lowest BCUT2D eigenvalue weighted by atomic mass is 10.1. The predicted octanol–water partition coefficient (Wildman–Crippen LogP) is 4.59. The molecule has 0 amide bonds. The molecule has 3 aromatic rings. The highest BCUT2D eigenvalue weighted by molar-refractivity contribution is 6.16. The molecule has 0 unspecified atom stereocenters. The van der Waals surface area contributed by atoms with E-state index < -0.39 is 0 Å². The summed E-state index contributed by atoms with van der Waals surface area (Å²) in [4.78, 5) is 4.82. The van der Waals surface area contributed by atoms with Gasteiger partial charge in [0, 0.05) is 11.1 Å². The van der Waals surface area contributed by atoms with Gasteiger partial charge in [-0.2, -0.15) is 5.10 Å². The second kappa shape index (κ2) is 7.11. The number of aryl methyl sites for hydroxylation is 2. The number of hydrazone groups is 1. The van der Waals surface area contributed by atoms with Gasteiger partial charge in [0.2, 0.25) is 0 Å². The summed E-state index contributed by atoms with van der Waals surface area (Å²) in [6.07, 6.45) is 1.00. The molecule has 5 heteroatoms. The number of ether oxygens (including phenoxy) is 1. The summed E-state index contributed by atoms with van der Waals surface area (Å²) in [7, 11) is 1.65. The molecule has 1 aliphatic heterocycles. The van der Waals surface area contributed by atoms with E-state index in [9.17, 15) is 0 Å². The van der Waals surface area contributed by atoms with Crippen molar-refractivity contribution in [3.05, 3.63) is 82.8 Å². The number of benzene rings is 2. The second-order valence-corrected chi connectivity index (χ2v) is 6.38. The molecule has 1 N–H and O–H groups in total. The molecule has 1 aromatic heterocycles. The van der Waals surface area contributed by atoms with Gasteiger partial charge >= 0.3 is 0 Å². The van der Waals surface area contributed by atoms with Crippen molar-refractivity contribution in [1.82, 2.24) is 5.43 Å². The number of aliphatic imine (C=N–C) groups is 1. The summed E-state index contributed by atoms with van der Waals surface area (Å²) in [6.45, 7) is 4.06. The number of amidine groups is 1. The summed E-state index contributed by atoms with van der Waals surface area (Å²) in [5.41, 5.74) is 7.74. The van der Waals surface area contributed by atoms with Gasteiger partial charge in [0.15, 0.2) is 11.6 Å². The maximum Gasteiger partial charge on any atom is 0.155 e. The molecule has 0 fully saturated rings. The maximum atomic E-state index is 5.82. The van der Waals surface area contributed by atoms with E-state index in [0.29, 0.717) is 17.3 Å². The van der Waals surface area contributed by atoms with Crippen LogP contribution in [0, 0.1) is 6.92 Å². The Morgan fingerprint density at radius 3 is 2.52 bits per heavy atom. The van der Waals surface area contributed by atoms with Crippen LogP contribution < -0.4 is 10.2 Å². The highest BCUT2D eigenvalue weighted by Crippen LogP contribution is 2.30. The number of methoxy groups -OCH3 is 1. The lowest BCUT2D eigenvalue weighted by Crippen LogP contribution is -2.19. The average molecular weight is 359 g/mol. The zero-order valence-corrected chi connectivity index (χ0v) is 15.6. The van der Waals surface area contributed by atoms with Gasteiger partial charge in [0.1, 0.15) is 17.2 Å². The standard InChI is InChI=1S/C22H21N3O2/c1-4-15-6-8-16(9-7-15)22-23-19-11-10-17(26-3)13-18(19)21(24-25-22)20-12-5-14(2)27-20/h5-13H,4H2,1-3H3,(H,23,25). The smallest absolute Gasteiger partial charge is 0.155 e. The molecule has 1 aliphatic rings. The normalized spacial score (nSPS) is 13.1. The highest BCUT2D eigenvalue weighted by atomic mass is 16.5. The summed E-state index contributed by atoms with van der Waals surface area (Å²) in [5.74, 6) is 2.96. The number of hydrogen-bond donors (Lipinski definition) is 1. The van der Waals surface area contributed by atoms with Crippen molar-refractivity contribution in [3.8, 4) is 5.75 Å². The van der Waals surface area contributed by atoms with Crippen LogP contribution in [0.4, 0.5) is 5.69 Å². The van der Waals surface area contributed by atoms with E-state index in [1.54, 1.807) is 7.11 Å². The van der Waals surface area contributed by atoms with Crippen molar-refractivity contribution in [2.45, 2.75) is 20.3 Å². The molecule has 0 spiro atoms. The Bertz CT molecular complexity index is 1030. The molecule has 0 atom stereocenters. The third-order valence-electron chi connectivity index (χ3n) is 4.57. The predicted molar refractivity (Wildman–Crippen MR) is 107 cm³/mol. The molecule has 2 heterocycles. The third kappa shape index (κ3) is 3.36. The number of fused-ring (bicyclic) bond motifs is 1. The van der Waals surface area contributed by atoms with Gasteiger partial charge in [-0.25, -0.2) is 4.99 Å². The summed E-state index contributed by atoms with van der Waals surface area (Å²) < 4.78 is 11.2. The first-order valence-corrected chi connectivity index (χ1v) is 8.95. The SMILES string of the molecule is CCc1ccc(C2=Nc3ccc(OC)cc3C(c3ccc(C)o3)=NN2)cc1. The first-order valence-electron chi connectivity index (χ1n) is 8.95. The average Bonchev–Trinajstić information content (AvgIpc) is 3.04. The molecular weight excluding hydrogens is 338 g/mol. The molecule has 5 nitrogen and oxygen atoms in total. The monoisotopic (exact) mass is 359 g/mol. The van der Waals surface area contributed by atoms with E-state index in [1.165, 1.54) is 5.56 Å². The summed E-state index contributed by atoms with van der Waals surface area (Å²) in [6, 6.07) is 18.0. The molecular formula is C22H21N3O2. The van der Waals surface area contributed by atoms with Gasteiger partial charge in [-0.05, 0) is 49.2 Å². The van der Waals surface area contributed by atoms with Crippen molar-refractivity contribution in [2.75, 3.05) is 7.11 Å². The Morgan fingerprint density at radius 2 is 1.85 bits per heavy atom. The van der Waals surface area contributed by atoms with Gasteiger partial charge in [0.25, 0.3) is 0 Å². The van der Waals surface area contributed by atoms with Crippen LogP contribution in [0.3, 0.4) is 0 Å². The Morgan fingerprint density at radius 1 is 1.04 bits per heavy atom. The van der Waals surface area contributed by atoms with Gasteiger partial charge in [-0.1, -0.05) is 31.2 Å². The largest absolute Gasteiger partial charge is 0.497 e. The fourth-order valence-corrected chi connectivity index (χ4v) is 3.02. The van der Waals surface area contributed by atoms with E-state index in [0.717, 1.165) is 34.7 Å². The van der Waals surface area contributed by atoms with Crippen LogP contribution in [-0.4, -0.2) is 18.7 Å². The van der Waals surface area contributed by atoms with E-state index in [4.69, 9.17) is 14.1 Å². The van der Waals surface area contributed by atoms with Crippen LogP contribution in [0.2, 0.25) is 0 Å². The van der Waals surface area contributed by atoms with Crippen molar-refractivity contribution in [1.29, 1.82) is 0 Å². The Hall–Kier alpha value is -3.34. The van der Waals surface area contributed by atoms with Crippen LogP contribution >= 0.6 is 0 Å². The third-order valence-corrected chi connectivity index (χ3v) is 4.57. The molecule has 136 valence electrons. The minimum atomic E-state index is 0.687. The van der Waals surface area contributed by atoms with Gasteiger partial charge < -0.3 is 9.15 Å². The molecule has 0 aliphatic carbocycles. The Balaban J connectivity index is 1.83. The Kier molecular flexibility index (Phi) is 4.50. The number of furan rings is 1. The van der Waals surface area contributed by atoms with Gasteiger partial charge in [-0.15, -0.1) is 0 Å². The van der Waals surface area contributed by atoms with Gasteiger partial charge in [0.05, 0.1) is 12.8 Å². The second-order valence-electron chi connectivity index (χ2n) is 6.38. The molecule has 27 heavy (non-hydrogen) atoms. The minimum Gasteiger partial charge on any atom is -0.497 e. The van der Waals surface area contributed by atoms with Crippen LogP contribution in [0.1, 0.15) is 35.1 Å². The quantitative estimate of drug-likeness (QED) is 0.741. The zero-order valence-electron chi connectivity index (χ0n) is 15.6. The Labute approximate surface area is 158 Å². The van der Waals surface area contributed by atoms with Crippen molar-refractivity contribution >= 4 is 17.2 Å². The zero-order chi connectivity index (χ0) is 18.8. The van der Waals surface area contributed by atoms with Crippen LogP contribution in [0.15, 0.2) is 69.1 Å². The number of hydrogen-bond acceptors (Lipinski definition) is 5. The van der Waals surface area contributed by atoms with Gasteiger partial charge in [-0.3, -0.25) is 5.43 Å². The molecule has 2 aromatic carbocycles. The van der Waals surface area contributed by atoms with Crippen molar-refractivity contribution < 1.29 is 9.15 Å². The molecule has 0 radical (unpaired) electrons. The van der Waals surface area contributed by atoms with Crippen molar-refractivity contribution in [3.63, 3.8) is 0 Å². The van der Waals surface area contributed by atoms with Crippen molar-refractivity contribution in [2.24, 2.45) is 10.1 Å². The molecule has 0 bridgehead atoms. The number of nitrogens with one attached hydrogen (secondary N) is 1. The maximum absolute atomic E-state index is 5.82. The summed E-state index contributed by atoms with van der Waals surface area (Å²) >= 11 is 0. The first-order chi connectivity index (χ1) is 13.2. The number of nitrogens with zero attached hydrogens (tertiary/aromatic N) is 2.